The van der Waals surface area contributed by atoms with Gasteiger partial charge in [-0.05, 0) is 59.7 Å². The third-order valence-electron chi connectivity index (χ3n) is 6.17. The Hall–Kier alpha value is -4.05. The Bertz CT molecular complexity index is 1450. The molecule has 2 N–H and O–H groups in total. The minimum atomic E-state index is 0.150. The van der Waals surface area contributed by atoms with Crippen LogP contribution in [0.5, 0.6) is 11.5 Å². The minimum absolute atomic E-state index is 0.150. The molecule has 0 amide bonds. The maximum Gasteiger partial charge on any atom is 0.129 e. The highest BCUT2D eigenvalue weighted by atomic mass is 16.3. The third-order valence-corrected chi connectivity index (χ3v) is 6.17. The zero-order valence-electron chi connectivity index (χ0n) is 18.7. The summed E-state index contributed by atoms with van der Waals surface area (Å²) in [4.78, 5) is 6.69. The van der Waals surface area contributed by atoms with Crippen molar-refractivity contribution in [3.8, 4) is 22.6 Å². The molecule has 0 atom stereocenters. The second-order valence-electron chi connectivity index (χ2n) is 8.57. The third kappa shape index (κ3) is 3.74. The lowest BCUT2D eigenvalue weighted by atomic mass is 9.90. The van der Waals surface area contributed by atoms with Gasteiger partial charge in [-0.2, -0.15) is 0 Å². The van der Waals surface area contributed by atoms with Crippen LogP contribution in [0.4, 0.5) is 5.82 Å². The van der Waals surface area contributed by atoms with E-state index in [1.165, 1.54) is 0 Å². The molecule has 4 aromatic carbocycles. The van der Waals surface area contributed by atoms with Gasteiger partial charge in [0.05, 0.1) is 0 Å². The topological polar surface area (TPSA) is 56.6 Å². The van der Waals surface area contributed by atoms with Crippen LogP contribution >= 0.6 is 0 Å². The second-order valence-corrected chi connectivity index (χ2v) is 8.57. The lowest BCUT2D eigenvalue weighted by Crippen LogP contribution is -2.30. The molecule has 1 aromatic heterocycles. The number of rotatable bonds is 5. The Labute approximate surface area is 193 Å². The molecule has 164 valence electrons. The first-order chi connectivity index (χ1) is 16.0. The van der Waals surface area contributed by atoms with E-state index < -0.39 is 0 Å². The van der Waals surface area contributed by atoms with Crippen molar-refractivity contribution in [2.75, 3.05) is 4.90 Å². The fraction of sp³-hybridized carbons (Fsp3) is 0.138. The zero-order chi connectivity index (χ0) is 22.9. The summed E-state index contributed by atoms with van der Waals surface area (Å²) < 4.78 is 0. The van der Waals surface area contributed by atoms with Crippen molar-refractivity contribution in [1.29, 1.82) is 0 Å². The van der Waals surface area contributed by atoms with Gasteiger partial charge in [0.1, 0.15) is 17.3 Å². The Morgan fingerprint density at radius 3 is 2.12 bits per heavy atom. The molecule has 0 aliphatic rings. The molecule has 0 aliphatic carbocycles. The minimum Gasteiger partial charge on any atom is -0.507 e. The number of nitrogens with zero attached hydrogens (tertiary/aromatic N) is 2. The van der Waals surface area contributed by atoms with E-state index in [0.717, 1.165) is 32.9 Å². The number of aromatic nitrogens is 1. The summed E-state index contributed by atoms with van der Waals surface area (Å²) in [6.07, 6.45) is 1.78. The summed E-state index contributed by atoms with van der Waals surface area (Å²) in [7, 11) is 0. The predicted octanol–water partition coefficient (Wildman–Crippen LogP) is 6.88. The van der Waals surface area contributed by atoms with Gasteiger partial charge in [-0.3, -0.25) is 0 Å². The van der Waals surface area contributed by atoms with Gasteiger partial charge in [0.2, 0.25) is 0 Å². The average molecular weight is 435 g/mol. The maximum absolute atomic E-state index is 11.6. The molecule has 0 spiro atoms. The standard InChI is InChI=1S/C29H26N2O2/c1-19(2)31(26-13-7-8-16-30-26)18-22-17-21-10-4-6-12-24(21)28(29(22)33)27-23-11-5-3-9-20(23)14-15-25(27)32/h3-17,19,32-33H,18H2,1-2H3. The van der Waals surface area contributed by atoms with Crippen LogP contribution in [0.15, 0.2) is 91.1 Å². The van der Waals surface area contributed by atoms with E-state index in [2.05, 4.69) is 23.7 Å². The van der Waals surface area contributed by atoms with Gasteiger partial charge in [-0.25, -0.2) is 4.98 Å². The molecule has 1 heterocycles. The van der Waals surface area contributed by atoms with Crippen LogP contribution in [0.2, 0.25) is 0 Å². The van der Waals surface area contributed by atoms with Gasteiger partial charge >= 0.3 is 0 Å². The smallest absolute Gasteiger partial charge is 0.129 e. The van der Waals surface area contributed by atoms with Crippen molar-refractivity contribution in [1.82, 2.24) is 4.98 Å². The molecule has 5 rings (SSSR count). The van der Waals surface area contributed by atoms with Crippen LogP contribution in [-0.2, 0) is 6.54 Å². The van der Waals surface area contributed by atoms with Gasteiger partial charge in [-0.15, -0.1) is 0 Å². The number of pyridine rings is 1. The highest BCUT2D eigenvalue weighted by molar-refractivity contribution is 6.10. The van der Waals surface area contributed by atoms with Gasteiger partial charge < -0.3 is 15.1 Å². The van der Waals surface area contributed by atoms with Crippen molar-refractivity contribution in [3.05, 3.63) is 96.7 Å². The van der Waals surface area contributed by atoms with Gasteiger partial charge in [-0.1, -0.05) is 60.7 Å². The molecule has 0 bridgehead atoms. The summed E-state index contributed by atoms with van der Waals surface area (Å²) in [6, 6.07) is 27.6. The number of hydrogen-bond donors (Lipinski definition) is 2. The number of fused-ring (bicyclic) bond motifs is 2. The molecule has 0 radical (unpaired) electrons. The van der Waals surface area contributed by atoms with E-state index in [-0.39, 0.29) is 17.5 Å². The monoisotopic (exact) mass is 434 g/mol. The lowest BCUT2D eigenvalue weighted by molar-refractivity contribution is 0.464. The molecule has 4 heteroatoms. The normalized spacial score (nSPS) is 11.4. The maximum atomic E-state index is 11.6. The molecule has 0 aliphatic heterocycles. The van der Waals surface area contributed by atoms with E-state index in [9.17, 15) is 10.2 Å². The molecular weight excluding hydrogens is 408 g/mol. The van der Waals surface area contributed by atoms with Gasteiger partial charge in [0, 0.05) is 35.5 Å². The molecule has 5 aromatic rings. The van der Waals surface area contributed by atoms with Crippen molar-refractivity contribution in [3.63, 3.8) is 0 Å². The van der Waals surface area contributed by atoms with E-state index in [1.807, 2.05) is 78.9 Å². The Balaban J connectivity index is 1.77. The van der Waals surface area contributed by atoms with Gasteiger partial charge in [0.25, 0.3) is 0 Å². The first-order valence-corrected chi connectivity index (χ1v) is 11.2. The van der Waals surface area contributed by atoms with E-state index in [0.29, 0.717) is 17.7 Å². The molecule has 0 saturated heterocycles. The SMILES string of the molecule is CC(C)N(Cc1cc2ccccc2c(-c2c(O)ccc3ccccc23)c1O)c1ccccn1. The fourth-order valence-electron chi connectivity index (χ4n) is 4.53. The van der Waals surface area contributed by atoms with Crippen molar-refractivity contribution >= 4 is 27.4 Å². The van der Waals surface area contributed by atoms with Crippen LogP contribution in [-0.4, -0.2) is 21.2 Å². The van der Waals surface area contributed by atoms with Crippen LogP contribution in [0.25, 0.3) is 32.7 Å². The number of hydrogen-bond acceptors (Lipinski definition) is 4. The molecule has 0 fully saturated rings. The Morgan fingerprint density at radius 2 is 1.42 bits per heavy atom. The first kappa shape index (κ1) is 20.8. The number of anilines is 1. The predicted molar refractivity (Wildman–Crippen MR) is 136 cm³/mol. The fourth-order valence-corrected chi connectivity index (χ4v) is 4.53. The second kappa shape index (κ2) is 8.47. The van der Waals surface area contributed by atoms with Crippen molar-refractivity contribution in [2.24, 2.45) is 0 Å². The molecule has 33 heavy (non-hydrogen) atoms. The quantitative estimate of drug-likeness (QED) is 0.316. The number of phenols is 2. The largest absolute Gasteiger partial charge is 0.507 e. The summed E-state index contributed by atoms with van der Waals surface area (Å²) in [5.41, 5.74) is 2.09. The van der Waals surface area contributed by atoms with Crippen molar-refractivity contribution in [2.45, 2.75) is 26.4 Å². The highest BCUT2D eigenvalue weighted by Gasteiger charge is 2.22. The first-order valence-electron chi connectivity index (χ1n) is 11.2. The number of phenolic OH excluding ortho intramolecular Hbond substituents is 2. The highest BCUT2D eigenvalue weighted by Crippen LogP contribution is 2.46. The van der Waals surface area contributed by atoms with Crippen molar-refractivity contribution < 1.29 is 10.2 Å². The molecule has 0 saturated carbocycles. The summed E-state index contributed by atoms with van der Waals surface area (Å²) in [5.74, 6) is 1.19. The molecule has 4 nitrogen and oxygen atoms in total. The Kier molecular flexibility index (Phi) is 5.35. The molecule has 0 unspecified atom stereocenters. The average Bonchev–Trinajstić information content (AvgIpc) is 2.84. The number of aromatic hydroxyl groups is 2. The van der Waals surface area contributed by atoms with Crippen LogP contribution in [0.3, 0.4) is 0 Å². The zero-order valence-corrected chi connectivity index (χ0v) is 18.7. The lowest BCUT2D eigenvalue weighted by Gasteiger charge is -2.29. The van der Waals surface area contributed by atoms with Crippen LogP contribution < -0.4 is 4.90 Å². The van der Waals surface area contributed by atoms with E-state index in [4.69, 9.17) is 0 Å². The summed E-state index contributed by atoms with van der Waals surface area (Å²) in [5, 5.41) is 26.4. The molecular formula is C29H26N2O2. The van der Waals surface area contributed by atoms with Crippen LogP contribution in [0, 0.1) is 0 Å². The summed E-state index contributed by atoms with van der Waals surface area (Å²) in [6.45, 7) is 4.72. The summed E-state index contributed by atoms with van der Waals surface area (Å²) >= 11 is 0. The van der Waals surface area contributed by atoms with Gasteiger partial charge in [0.15, 0.2) is 0 Å². The van der Waals surface area contributed by atoms with E-state index >= 15 is 0 Å². The Morgan fingerprint density at radius 1 is 0.758 bits per heavy atom. The van der Waals surface area contributed by atoms with Crippen LogP contribution in [0.1, 0.15) is 19.4 Å². The number of benzene rings is 4. The van der Waals surface area contributed by atoms with E-state index in [1.54, 1.807) is 12.3 Å².